The minimum Gasteiger partial charge on any atom is -0.347 e. The summed E-state index contributed by atoms with van der Waals surface area (Å²) in [5.41, 5.74) is 0. The first kappa shape index (κ1) is 16.1. The van der Waals surface area contributed by atoms with Crippen molar-refractivity contribution in [1.82, 2.24) is 4.90 Å². The topological polar surface area (TPSA) is 19.9 Å². The van der Waals surface area contributed by atoms with Gasteiger partial charge in [0, 0.05) is 0 Å². The Labute approximate surface area is 99.0 Å². The van der Waals surface area contributed by atoms with Crippen LogP contribution in [0.1, 0.15) is 27.7 Å². The quantitative estimate of drug-likeness (QED) is 0.668. The molecule has 4 heteroatoms. The van der Waals surface area contributed by atoms with Gasteiger partial charge in [-0.25, -0.2) is 0 Å². The van der Waals surface area contributed by atoms with E-state index in [-0.39, 0.29) is 0 Å². The molecule has 0 aromatic heterocycles. The van der Waals surface area contributed by atoms with Crippen LogP contribution >= 0.6 is 0 Å². The molecule has 0 aliphatic carbocycles. The van der Waals surface area contributed by atoms with Crippen LogP contribution in [0, 0.1) is 0 Å². The molecule has 0 rings (SSSR count). The Kier molecular flexibility index (Phi) is 15.7. The fourth-order valence-corrected chi connectivity index (χ4v) is 1.85. The Bertz CT molecular complexity index is 112. The standard InChI is InChI=1S/C5H11NSe2.C4H11N/c1-3-6(4-2)5(7)8;1-3-5-4-2/h3-4H2,1-2H3,(H,7,8);5H,3-4H2,1-2H3. The molecule has 0 radical (unpaired) electrons. The zero-order chi connectivity index (χ0) is 10.7. The summed E-state index contributed by atoms with van der Waals surface area (Å²) in [7, 11) is 0. The molecule has 0 amide bonds. The van der Waals surface area contributed by atoms with Crippen LogP contribution in [0.15, 0.2) is 0 Å². The van der Waals surface area contributed by atoms with E-state index in [2.05, 4.69) is 69.5 Å². The maximum atomic E-state index is 2.93. The summed E-state index contributed by atoms with van der Waals surface area (Å²) < 4.78 is 1.16. The number of hydrogen-bond acceptors (Lipinski definition) is 1. The van der Waals surface area contributed by atoms with Gasteiger partial charge in [-0.3, -0.25) is 0 Å². The molecule has 0 heterocycles. The van der Waals surface area contributed by atoms with Crippen LogP contribution in [0.5, 0.6) is 0 Å². The Morgan fingerprint density at radius 3 is 1.54 bits per heavy atom. The molecular weight excluding hydrogens is 294 g/mol. The first-order chi connectivity index (χ1) is 6.13. The van der Waals surface area contributed by atoms with Crippen molar-refractivity contribution in [2.24, 2.45) is 0 Å². The largest absolute Gasteiger partial charge is 0.347 e. The zero-order valence-electron chi connectivity index (χ0n) is 9.17. The van der Waals surface area contributed by atoms with Gasteiger partial charge in [0.2, 0.25) is 0 Å². The van der Waals surface area contributed by atoms with E-state index in [4.69, 9.17) is 0 Å². The monoisotopic (exact) mass is 318 g/mol. The smallest absolute Gasteiger partial charge is 0.0726 e. The number of hydrogen-bond donors (Lipinski definition) is 1. The second kappa shape index (κ2) is 12.7. The molecule has 0 aromatic carbocycles. The number of nitrogens with zero attached hydrogens (tertiary/aromatic N) is 1. The van der Waals surface area contributed by atoms with Crippen molar-refractivity contribution in [3.05, 3.63) is 0 Å². The number of rotatable bonds is 5. The van der Waals surface area contributed by atoms with Gasteiger partial charge >= 0.3 is 66.9 Å². The second-order valence-corrected chi connectivity index (χ2v) is 5.48. The SMILES string of the molecule is CCN(CC)C(=[Se])[Se-].CC[NH2+]CC. The van der Waals surface area contributed by atoms with Crippen molar-refractivity contribution in [1.29, 1.82) is 0 Å². The van der Waals surface area contributed by atoms with E-state index < -0.39 is 0 Å². The third-order valence-electron chi connectivity index (χ3n) is 1.60. The molecule has 0 atom stereocenters. The predicted molar refractivity (Wildman–Crippen MR) is 62.4 cm³/mol. The van der Waals surface area contributed by atoms with Gasteiger partial charge in [-0.15, -0.1) is 0 Å². The summed E-state index contributed by atoms with van der Waals surface area (Å²) >= 11 is 5.86. The first-order valence-corrected chi connectivity index (χ1v) is 6.62. The van der Waals surface area contributed by atoms with Gasteiger partial charge in [0.05, 0.1) is 13.1 Å². The molecule has 80 valence electrons. The molecule has 0 aliphatic heterocycles. The predicted octanol–water partition coefficient (Wildman–Crippen LogP) is -0.658. The van der Waals surface area contributed by atoms with Crippen LogP contribution in [0.2, 0.25) is 0 Å². The van der Waals surface area contributed by atoms with Gasteiger partial charge < -0.3 is 5.32 Å². The van der Waals surface area contributed by atoms with Crippen LogP contribution in [0.25, 0.3) is 0 Å². The average Bonchev–Trinajstić information content (AvgIpc) is 2.08. The fraction of sp³-hybridized carbons (Fsp3) is 0.889. The summed E-state index contributed by atoms with van der Waals surface area (Å²) in [6, 6.07) is 0. The third-order valence-corrected chi connectivity index (χ3v) is 2.68. The molecule has 0 spiro atoms. The number of nitrogens with two attached hydrogens (primary N) is 1. The fourth-order valence-electron chi connectivity index (χ4n) is 0.770. The Hall–Kier alpha value is 0.669. The summed E-state index contributed by atoms with van der Waals surface area (Å²) in [4.78, 5) is 2.22. The van der Waals surface area contributed by atoms with Gasteiger partial charge in [-0.05, 0) is 13.8 Å². The van der Waals surface area contributed by atoms with Crippen molar-refractivity contribution in [2.75, 3.05) is 26.2 Å². The van der Waals surface area contributed by atoms with Gasteiger partial charge in [0.1, 0.15) is 0 Å². The van der Waals surface area contributed by atoms with Crippen molar-refractivity contribution in [3.8, 4) is 0 Å². The zero-order valence-corrected chi connectivity index (χ0v) is 12.6. The van der Waals surface area contributed by atoms with Crippen LogP contribution in [0.3, 0.4) is 0 Å². The molecule has 0 aromatic rings. The molecule has 0 unspecified atom stereocenters. The van der Waals surface area contributed by atoms with Crippen molar-refractivity contribution in [2.45, 2.75) is 27.7 Å². The summed E-state index contributed by atoms with van der Waals surface area (Å²) in [6.07, 6.45) is 0. The summed E-state index contributed by atoms with van der Waals surface area (Å²) in [5.74, 6) is 0. The second-order valence-electron chi connectivity index (χ2n) is 2.54. The van der Waals surface area contributed by atoms with E-state index in [1.54, 1.807) is 0 Å². The van der Waals surface area contributed by atoms with Gasteiger partial charge in [-0.1, -0.05) is 0 Å². The van der Waals surface area contributed by atoms with E-state index in [9.17, 15) is 0 Å². The molecule has 2 nitrogen and oxygen atoms in total. The van der Waals surface area contributed by atoms with Crippen LogP contribution < -0.4 is 5.32 Å². The summed E-state index contributed by atoms with van der Waals surface area (Å²) in [5, 5.41) is 2.25. The first-order valence-electron chi connectivity index (χ1n) is 4.91. The van der Waals surface area contributed by atoms with Gasteiger partial charge in [0.15, 0.2) is 0 Å². The summed E-state index contributed by atoms with van der Waals surface area (Å²) in [6.45, 7) is 13.2. The van der Waals surface area contributed by atoms with Crippen molar-refractivity contribution in [3.63, 3.8) is 0 Å². The maximum Gasteiger partial charge on any atom is 0.0726 e. The van der Waals surface area contributed by atoms with E-state index in [0.717, 1.165) is 16.5 Å². The van der Waals surface area contributed by atoms with Crippen molar-refractivity contribution >= 4 is 35.0 Å². The minimum atomic E-state index is 1.08. The average molecular weight is 316 g/mol. The molecule has 2 N–H and O–H groups in total. The molecule has 0 fully saturated rings. The van der Waals surface area contributed by atoms with E-state index in [0.29, 0.717) is 0 Å². The Balaban J connectivity index is 0. The molecule has 0 saturated carbocycles. The molecule has 0 aliphatic rings. The van der Waals surface area contributed by atoms with Gasteiger partial charge in [-0.2, -0.15) is 0 Å². The van der Waals surface area contributed by atoms with Crippen LogP contribution in [-0.2, 0) is 0 Å². The molecule has 13 heavy (non-hydrogen) atoms. The van der Waals surface area contributed by atoms with Gasteiger partial charge in [0.25, 0.3) is 0 Å². The van der Waals surface area contributed by atoms with Crippen LogP contribution in [-0.4, -0.2) is 66.1 Å². The normalized spacial score (nSPS) is 8.62. The van der Waals surface area contributed by atoms with E-state index in [1.165, 1.54) is 13.1 Å². The van der Waals surface area contributed by atoms with Crippen LogP contribution in [0.4, 0.5) is 0 Å². The Morgan fingerprint density at radius 2 is 1.54 bits per heavy atom. The third kappa shape index (κ3) is 12.7. The molecule has 0 saturated heterocycles. The van der Waals surface area contributed by atoms with Crippen molar-refractivity contribution < 1.29 is 5.32 Å². The number of quaternary nitrogens is 1. The van der Waals surface area contributed by atoms with E-state index >= 15 is 0 Å². The molecular formula is C9H22N2Se2. The minimum absolute atomic E-state index is 1.08. The maximum absolute atomic E-state index is 2.93. The van der Waals surface area contributed by atoms with E-state index in [1.807, 2.05) is 0 Å². The Morgan fingerprint density at radius 1 is 1.15 bits per heavy atom. The molecule has 0 bridgehead atoms.